The smallest absolute Gasteiger partial charge is 0.227 e. The van der Waals surface area contributed by atoms with Crippen LogP contribution in [0.2, 0.25) is 0 Å². The fraction of sp³-hybridized carbons (Fsp3) is 0.286. The summed E-state index contributed by atoms with van der Waals surface area (Å²) in [5.41, 5.74) is 9.30. The van der Waals surface area contributed by atoms with E-state index >= 15 is 0 Å². The van der Waals surface area contributed by atoms with Crippen LogP contribution in [0.1, 0.15) is 25.7 Å². The first-order chi connectivity index (χ1) is 14.7. The molecule has 4 aromatic rings. The summed E-state index contributed by atoms with van der Waals surface area (Å²) >= 11 is 0. The molecule has 5 rings (SSSR count). The van der Waals surface area contributed by atoms with Crippen molar-refractivity contribution in [2.75, 3.05) is 10.6 Å². The molecule has 152 valence electrons. The molecular weight excluding hydrogens is 378 g/mol. The van der Waals surface area contributed by atoms with E-state index < -0.39 is 0 Å². The second-order valence-corrected chi connectivity index (χ2v) is 7.55. The standard InChI is InChI=1S/C21H23N9/c22-15-3-5-16(6-4-15)27-19-7-8-20-24-13-18(30(20)29-19)14-10-25-21(26-11-14)28-17-2-1-9-23-12-17/h1-2,7-13,15-16H,3-6,22H2,(H,27,29)(H,25,26,28)/t15-,16-. The lowest BCUT2D eigenvalue weighted by molar-refractivity contribution is 0.410. The zero-order valence-electron chi connectivity index (χ0n) is 16.4. The number of anilines is 3. The van der Waals surface area contributed by atoms with Gasteiger partial charge in [-0.1, -0.05) is 0 Å². The van der Waals surface area contributed by atoms with Crippen molar-refractivity contribution >= 4 is 23.1 Å². The van der Waals surface area contributed by atoms with Gasteiger partial charge in [0, 0.05) is 36.2 Å². The van der Waals surface area contributed by atoms with Gasteiger partial charge in [-0.3, -0.25) is 4.98 Å². The molecule has 4 aromatic heterocycles. The molecule has 9 heteroatoms. The molecule has 4 N–H and O–H groups in total. The lowest BCUT2D eigenvalue weighted by atomic mass is 9.92. The number of nitrogens with zero attached hydrogens (tertiary/aromatic N) is 6. The van der Waals surface area contributed by atoms with Gasteiger partial charge in [-0.25, -0.2) is 19.5 Å². The maximum atomic E-state index is 6.01. The molecule has 1 aliphatic carbocycles. The summed E-state index contributed by atoms with van der Waals surface area (Å²) in [6.45, 7) is 0. The van der Waals surface area contributed by atoms with Crippen LogP contribution in [-0.4, -0.2) is 41.6 Å². The highest BCUT2D eigenvalue weighted by Gasteiger charge is 2.19. The van der Waals surface area contributed by atoms with E-state index in [1.165, 1.54) is 0 Å². The van der Waals surface area contributed by atoms with Crippen LogP contribution in [0.4, 0.5) is 17.5 Å². The highest BCUT2D eigenvalue weighted by molar-refractivity contribution is 5.63. The average molecular weight is 401 g/mol. The number of nitrogens with one attached hydrogen (secondary N) is 2. The summed E-state index contributed by atoms with van der Waals surface area (Å²) in [5.74, 6) is 1.34. The van der Waals surface area contributed by atoms with E-state index in [2.05, 4.69) is 30.6 Å². The molecule has 0 radical (unpaired) electrons. The van der Waals surface area contributed by atoms with Crippen molar-refractivity contribution in [2.24, 2.45) is 5.73 Å². The number of pyridine rings is 1. The van der Waals surface area contributed by atoms with Gasteiger partial charge in [-0.05, 0) is 49.9 Å². The van der Waals surface area contributed by atoms with Crippen molar-refractivity contribution in [3.63, 3.8) is 0 Å². The second kappa shape index (κ2) is 8.03. The molecular formula is C21H23N9. The molecule has 4 heterocycles. The third-order valence-corrected chi connectivity index (χ3v) is 5.35. The first-order valence-electron chi connectivity index (χ1n) is 10.1. The minimum atomic E-state index is 0.328. The van der Waals surface area contributed by atoms with E-state index in [4.69, 9.17) is 10.8 Å². The quantitative estimate of drug-likeness (QED) is 0.467. The SMILES string of the molecule is N[C@H]1CC[C@H](Nc2ccc3ncc(-c4cnc(Nc5cccnc5)nc4)n3n2)CC1. The average Bonchev–Trinajstić information content (AvgIpc) is 3.20. The van der Waals surface area contributed by atoms with E-state index in [9.17, 15) is 0 Å². The van der Waals surface area contributed by atoms with Gasteiger partial charge >= 0.3 is 0 Å². The molecule has 9 nitrogen and oxygen atoms in total. The van der Waals surface area contributed by atoms with Gasteiger partial charge in [-0.2, -0.15) is 0 Å². The van der Waals surface area contributed by atoms with Crippen LogP contribution in [0.5, 0.6) is 0 Å². The predicted octanol–water partition coefficient (Wildman–Crippen LogP) is 3.01. The highest BCUT2D eigenvalue weighted by atomic mass is 15.3. The monoisotopic (exact) mass is 401 g/mol. The van der Waals surface area contributed by atoms with Crippen LogP contribution in [0.15, 0.2) is 55.2 Å². The van der Waals surface area contributed by atoms with Crippen molar-refractivity contribution in [1.82, 2.24) is 29.5 Å². The first kappa shape index (κ1) is 18.4. The van der Waals surface area contributed by atoms with Crippen LogP contribution in [0.25, 0.3) is 16.9 Å². The van der Waals surface area contributed by atoms with E-state index in [0.29, 0.717) is 18.0 Å². The summed E-state index contributed by atoms with van der Waals surface area (Å²) in [7, 11) is 0. The zero-order valence-corrected chi connectivity index (χ0v) is 16.4. The topological polar surface area (TPSA) is 119 Å². The van der Waals surface area contributed by atoms with Crippen molar-refractivity contribution in [1.29, 1.82) is 0 Å². The number of hydrogen-bond acceptors (Lipinski definition) is 8. The number of fused-ring (bicyclic) bond motifs is 1. The molecule has 1 saturated carbocycles. The minimum absolute atomic E-state index is 0.328. The van der Waals surface area contributed by atoms with E-state index in [1.807, 2.05) is 28.8 Å². The third-order valence-electron chi connectivity index (χ3n) is 5.35. The molecule has 0 amide bonds. The predicted molar refractivity (Wildman–Crippen MR) is 115 cm³/mol. The molecule has 0 atom stereocenters. The van der Waals surface area contributed by atoms with Gasteiger partial charge < -0.3 is 16.4 Å². The van der Waals surface area contributed by atoms with E-state index in [1.54, 1.807) is 31.0 Å². The summed E-state index contributed by atoms with van der Waals surface area (Å²) in [6.07, 6.45) is 13.0. The Hall–Kier alpha value is -3.59. The molecule has 0 spiro atoms. The first-order valence-corrected chi connectivity index (χ1v) is 10.1. The fourth-order valence-electron chi connectivity index (χ4n) is 3.71. The molecule has 30 heavy (non-hydrogen) atoms. The zero-order chi connectivity index (χ0) is 20.3. The minimum Gasteiger partial charge on any atom is -0.366 e. The number of nitrogens with two attached hydrogens (primary N) is 1. The maximum absolute atomic E-state index is 6.01. The largest absolute Gasteiger partial charge is 0.366 e. The fourth-order valence-corrected chi connectivity index (χ4v) is 3.71. The number of hydrogen-bond donors (Lipinski definition) is 3. The van der Waals surface area contributed by atoms with Crippen molar-refractivity contribution < 1.29 is 0 Å². The molecule has 1 fully saturated rings. The molecule has 0 saturated heterocycles. The summed E-state index contributed by atoms with van der Waals surface area (Å²) in [6, 6.07) is 8.43. The number of rotatable bonds is 5. The van der Waals surface area contributed by atoms with Gasteiger partial charge in [0.15, 0.2) is 5.65 Å². The van der Waals surface area contributed by atoms with Crippen LogP contribution in [0.3, 0.4) is 0 Å². The summed E-state index contributed by atoms with van der Waals surface area (Å²) in [5, 5.41) is 11.4. The van der Waals surface area contributed by atoms with Crippen LogP contribution >= 0.6 is 0 Å². The van der Waals surface area contributed by atoms with Gasteiger partial charge in [0.05, 0.1) is 23.8 Å². The van der Waals surface area contributed by atoms with Gasteiger partial charge in [0.1, 0.15) is 5.82 Å². The third kappa shape index (κ3) is 3.92. The Balaban J connectivity index is 1.36. The Kier molecular flexibility index (Phi) is 4.94. The van der Waals surface area contributed by atoms with Crippen LogP contribution in [0, 0.1) is 0 Å². The molecule has 0 unspecified atom stereocenters. The normalized spacial score (nSPS) is 19.0. The van der Waals surface area contributed by atoms with Crippen LogP contribution in [-0.2, 0) is 0 Å². The van der Waals surface area contributed by atoms with E-state index in [-0.39, 0.29) is 0 Å². The van der Waals surface area contributed by atoms with Crippen molar-refractivity contribution in [3.8, 4) is 11.3 Å². The lowest BCUT2D eigenvalue weighted by Crippen LogP contribution is -2.33. The Morgan fingerprint density at radius 2 is 1.77 bits per heavy atom. The Labute approximate surface area is 173 Å². The molecule has 0 aromatic carbocycles. The Morgan fingerprint density at radius 1 is 0.933 bits per heavy atom. The molecule has 0 bridgehead atoms. The van der Waals surface area contributed by atoms with Gasteiger partial charge in [0.25, 0.3) is 0 Å². The van der Waals surface area contributed by atoms with Gasteiger partial charge in [-0.15, -0.1) is 5.10 Å². The lowest BCUT2D eigenvalue weighted by Gasteiger charge is -2.27. The Morgan fingerprint density at radius 3 is 2.53 bits per heavy atom. The second-order valence-electron chi connectivity index (χ2n) is 7.55. The summed E-state index contributed by atoms with van der Waals surface area (Å²) < 4.78 is 1.82. The highest BCUT2D eigenvalue weighted by Crippen LogP contribution is 2.23. The van der Waals surface area contributed by atoms with Crippen molar-refractivity contribution in [3.05, 3.63) is 55.2 Å². The maximum Gasteiger partial charge on any atom is 0.227 e. The van der Waals surface area contributed by atoms with Gasteiger partial charge in [0.2, 0.25) is 5.95 Å². The van der Waals surface area contributed by atoms with E-state index in [0.717, 1.165) is 54.1 Å². The molecule has 1 aliphatic rings. The van der Waals surface area contributed by atoms with Crippen molar-refractivity contribution in [2.45, 2.75) is 37.8 Å². The summed E-state index contributed by atoms with van der Waals surface area (Å²) in [4.78, 5) is 17.4. The number of aromatic nitrogens is 6. The van der Waals surface area contributed by atoms with Crippen LogP contribution < -0.4 is 16.4 Å². The number of imidazole rings is 1. The molecule has 0 aliphatic heterocycles. The Bertz CT molecular complexity index is 1120.